The molecule has 2 saturated heterocycles. The highest BCUT2D eigenvalue weighted by Crippen LogP contribution is 2.33. The quantitative estimate of drug-likeness (QED) is 0.572. The molecule has 1 aromatic rings. The predicted molar refractivity (Wildman–Crippen MR) is 113 cm³/mol. The van der Waals surface area contributed by atoms with Crippen LogP contribution in [0.5, 0.6) is 0 Å². The number of amides is 7. The molecular weight excluding hydrogens is 414 g/mol. The molecule has 32 heavy (non-hydrogen) atoms. The summed E-state index contributed by atoms with van der Waals surface area (Å²) < 4.78 is 0. The van der Waals surface area contributed by atoms with Gasteiger partial charge < -0.3 is 10.6 Å². The lowest BCUT2D eigenvalue weighted by molar-refractivity contribution is -0.141. The molecule has 1 aliphatic carbocycles. The summed E-state index contributed by atoms with van der Waals surface area (Å²) in [7, 11) is 0. The number of carbonyl (C=O) groups is 5. The van der Waals surface area contributed by atoms with Crippen molar-refractivity contribution in [1.82, 2.24) is 26.0 Å². The Balaban J connectivity index is 1.37. The summed E-state index contributed by atoms with van der Waals surface area (Å²) in [5, 5.41) is 5.98. The van der Waals surface area contributed by atoms with Crippen molar-refractivity contribution in [3.63, 3.8) is 0 Å². The van der Waals surface area contributed by atoms with Crippen molar-refractivity contribution < 1.29 is 24.0 Å². The Morgan fingerprint density at radius 2 is 1.66 bits per heavy atom. The van der Waals surface area contributed by atoms with Crippen molar-refractivity contribution >= 4 is 29.8 Å². The second kappa shape index (κ2) is 8.25. The van der Waals surface area contributed by atoms with E-state index >= 15 is 0 Å². The molecule has 0 radical (unpaired) electrons. The highest BCUT2D eigenvalue weighted by molar-refractivity contribution is 6.10. The minimum absolute atomic E-state index is 0.351. The lowest BCUT2D eigenvalue weighted by atomic mass is 9.82. The number of hydrazine groups is 1. The first-order valence-electron chi connectivity index (χ1n) is 10.9. The molecule has 1 unspecified atom stereocenters. The van der Waals surface area contributed by atoms with Crippen LogP contribution in [0.15, 0.2) is 30.3 Å². The number of hydrogen-bond acceptors (Lipinski definition) is 5. The van der Waals surface area contributed by atoms with Crippen LogP contribution in [0.4, 0.5) is 9.59 Å². The van der Waals surface area contributed by atoms with E-state index in [9.17, 15) is 24.0 Å². The lowest BCUT2D eigenvalue weighted by Gasteiger charge is -2.30. The molecule has 0 bridgehead atoms. The van der Waals surface area contributed by atoms with E-state index in [1.165, 1.54) is 0 Å². The van der Waals surface area contributed by atoms with Crippen LogP contribution in [0.2, 0.25) is 0 Å². The fourth-order valence-electron chi connectivity index (χ4n) is 4.61. The molecule has 7 amide bonds. The van der Waals surface area contributed by atoms with Crippen LogP contribution in [0.1, 0.15) is 51.0 Å². The van der Waals surface area contributed by atoms with Gasteiger partial charge in [0.25, 0.3) is 17.7 Å². The van der Waals surface area contributed by atoms with Gasteiger partial charge in [0, 0.05) is 0 Å². The molecule has 3 fully saturated rings. The van der Waals surface area contributed by atoms with E-state index < -0.39 is 47.4 Å². The van der Waals surface area contributed by atoms with Gasteiger partial charge in [0.2, 0.25) is 0 Å². The monoisotopic (exact) mass is 441 g/mol. The van der Waals surface area contributed by atoms with Crippen molar-refractivity contribution in [3.8, 4) is 0 Å². The summed E-state index contributed by atoms with van der Waals surface area (Å²) in [5.74, 6) is -1.81. The Hall–Kier alpha value is -3.43. The molecule has 10 nitrogen and oxygen atoms in total. The van der Waals surface area contributed by atoms with Gasteiger partial charge in [0.1, 0.15) is 17.6 Å². The van der Waals surface area contributed by atoms with Crippen molar-refractivity contribution in [3.05, 3.63) is 35.9 Å². The zero-order chi connectivity index (χ0) is 22.9. The fraction of sp³-hybridized carbons (Fsp3) is 0.500. The average Bonchev–Trinajstić information content (AvgIpc) is 3.13. The van der Waals surface area contributed by atoms with E-state index in [-0.39, 0.29) is 0 Å². The molecule has 10 heteroatoms. The molecule has 2 heterocycles. The number of imide groups is 2. The van der Waals surface area contributed by atoms with Crippen LogP contribution in [0, 0.1) is 0 Å². The van der Waals surface area contributed by atoms with E-state index in [4.69, 9.17) is 0 Å². The first-order valence-corrected chi connectivity index (χ1v) is 10.9. The standard InChI is InChI=1S/C22H27N5O5/c1-21(13-10-15-8-4-2-5-9-15)17(29)27(20(32)23-21)25-16(28)14-26-18(30)22(24-19(26)31)11-6-3-7-12-22/h2,4-5,8-9H,3,6-7,10-14H2,1H3,(H,23,32)(H,24,31)(H,25,28). The Kier molecular flexibility index (Phi) is 5.62. The van der Waals surface area contributed by atoms with Crippen molar-refractivity contribution in [1.29, 1.82) is 0 Å². The largest absolute Gasteiger partial charge is 0.344 e. The van der Waals surface area contributed by atoms with Gasteiger partial charge in [-0.05, 0) is 38.2 Å². The minimum Gasteiger partial charge on any atom is -0.323 e. The molecule has 3 aliphatic rings. The number of benzene rings is 1. The maximum absolute atomic E-state index is 12.9. The SMILES string of the molecule is CC1(CCc2ccccc2)NC(=O)N(NC(=O)CN2C(=O)NC3(CCCCC3)C2=O)C1=O. The smallest absolute Gasteiger partial charge is 0.323 e. The maximum Gasteiger partial charge on any atom is 0.344 e. The summed E-state index contributed by atoms with van der Waals surface area (Å²) >= 11 is 0. The van der Waals surface area contributed by atoms with Crippen molar-refractivity contribution in [2.75, 3.05) is 6.54 Å². The van der Waals surface area contributed by atoms with E-state index in [0.717, 1.165) is 29.7 Å². The number of hydrogen-bond donors (Lipinski definition) is 3. The molecule has 2 aliphatic heterocycles. The topological polar surface area (TPSA) is 128 Å². The second-order valence-corrected chi connectivity index (χ2v) is 8.89. The van der Waals surface area contributed by atoms with Crippen LogP contribution in [-0.2, 0) is 20.8 Å². The molecule has 1 spiro atoms. The van der Waals surface area contributed by atoms with Crippen molar-refractivity contribution in [2.24, 2.45) is 0 Å². The summed E-state index contributed by atoms with van der Waals surface area (Å²) in [6, 6.07) is 8.17. The Morgan fingerprint density at radius 1 is 0.969 bits per heavy atom. The maximum atomic E-state index is 12.9. The first kappa shape index (κ1) is 21.8. The fourth-order valence-corrected chi connectivity index (χ4v) is 4.61. The first-order chi connectivity index (χ1) is 15.2. The molecule has 1 aromatic carbocycles. The molecule has 170 valence electrons. The summed E-state index contributed by atoms with van der Waals surface area (Å²) in [4.78, 5) is 63.8. The van der Waals surface area contributed by atoms with Gasteiger partial charge in [0.15, 0.2) is 0 Å². The second-order valence-electron chi connectivity index (χ2n) is 8.89. The van der Waals surface area contributed by atoms with Crippen LogP contribution < -0.4 is 16.1 Å². The lowest BCUT2D eigenvalue weighted by Crippen LogP contribution is -2.52. The number of nitrogens with one attached hydrogen (secondary N) is 3. The van der Waals surface area contributed by atoms with Gasteiger partial charge >= 0.3 is 12.1 Å². The number of carbonyl (C=O) groups excluding carboxylic acids is 5. The molecule has 1 atom stereocenters. The highest BCUT2D eigenvalue weighted by atomic mass is 16.2. The van der Waals surface area contributed by atoms with Crippen LogP contribution >= 0.6 is 0 Å². The Labute approximate surface area is 185 Å². The molecule has 3 N–H and O–H groups in total. The van der Waals surface area contributed by atoms with E-state index in [1.807, 2.05) is 30.3 Å². The van der Waals surface area contributed by atoms with Gasteiger partial charge in [-0.15, -0.1) is 0 Å². The predicted octanol–water partition coefficient (Wildman–Crippen LogP) is 1.22. The number of urea groups is 2. The van der Waals surface area contributed by atoms with Gasteiger partial charge in [-0.2, -0.15) is 5.01 Å². The third-order valence-corrected chi connectivity index (χ3v) is 6.51. The van der Waals surface area contributed by atoms with Gasteiger partial charge in [-0.25, -0.2) is 9.59 Å². The van der Waals surface area contributed by atoms with Gasteiger partial charge in [0.05, 0.1) is 0 Å². The van der Waals surface area contributed by atoms with E-state index in [0.29, 0.717) is 30.7 Å². The van der Waals surface area contributed by atoms with Gasteiger partial charge in [-0.3, -0.25) is 24.7 Å². The zero-order valence-electron chi connectivity index (χ0n) is 18.0. The third-order valence-electron chi connectivity index (χ3n) is 6.51. The summed E-state index contributed by atoms with van der Waals surface area (Å²) in [6.07, 6.45) is 4.66. The minimum atomic E-state index is -1.17. The van der Waals surface area contributed by atoms with Crippen LogP contribution in [-0.4, -0.2) is 57.3 Å². The molecular formula is C22H27N5O5. The van der Waals surface area contributed by atoms with Crippen molar-refractivity contribution in [2.45, 2.75) is 62.9 Å². The Morgan fingerprint density at radius 3 is 2.34 bits per heavy atom. The third kappa shape index (κ3) is 3.92. The van der Waals surface area contributed by atoms with E-state index in [1.54, 1.807) is 6.92 Å². The highest BCUT2D eigenvalue weighted by Gasteiger charge is 2.52. The van der Waals surface area contributed by atoms with E-state index in [2.05, 4.69) is 16.1 Å². The number of aryl methyl sites for hydroxylation is 1. The molecule has 0 aromatic heterocycles. The summed E-state index contributed by atoms with van der Waals surface area (Å²) in [6.45, 7) is 1.04. The summed E-state index contributed by atoms with van der Waals surface area (Å²) in [5.41, 5.74) is 1.16. The normalized spacial score (nSPS) is 24.7. The molecule has 4 rings (SSSR count). The average molecular weight is 441 g/mol. The molecule has 1 saturated carbocycles. The number of rotatable bonds is 6. The van der Waals surface area contributed by atoms with Crippen LogP contribution in [0.3, 0.4) is 0 Å². The number of nitrogens with zero attached hydrogens (tertiary/aromatic N) is 2. The van der Waals surface area contributed by atoms with Crippen LogP contribution in [0.25, 0.3) is 0 Å². The Bertz CT molecular complexity index is 959. The van der Waals surface area contributed by atoms with Gasteiger partial charge in [-0.1, -0.05) is 49.6 Å². The zero-order valence-corrected chi connectivity index (χ0v) is 18.0.